The highest BCUT2D eigenvalue weighted by molar-refractivity contribution is 5.98. The molecule has 3 fully saturated rings. The van der Waals surface area contributed by atoms with E-state index in [4.69, 9.17) is 0 Å². The molecule has 5 heteroatoms. The fourth-order valence-electron chi connectivity index (χ4n) is 4.41. The van der Waals surface area contributed by atoms with Crippen LogP contribution in [0.4, 0.5) is 5.69 Å². The number of rotatable bonds is 6. The number of nitrogens with zero attached hydrogens (tertiary/aromatic N) is 1. The highest BCUT2D eigenvalue weighted by Crippen LogP contribution is 2.30. The molecule has 2 aliphatic carbocycles. The van der Waals surface area contributed by atoms with Crippen molar-refractivity contribution in [3.8, 4) is 0 Å². The molecule has 0 unspecified atom stereocenters. The summed E-state index contributed by atoms with van der Waals surface area (Å²) < 4.78 is 0. The molecular formula is C22H31N3O2. The Hall–Kier alpha value is -1.88. The van der Waals surface area contributed by atoms with Gasteiger partial charge in [-0.1, -0.05) is 18.9 Å². The molecule has 5 nitrogen and oxygen atoms in total. The largest absolute Gasteiger partial charge is 0.349 e. The molecule has 0 radical (unpaired) electrons. The van der Waals surface area contributed by atoms with E-state index >= 15 is 0 Å². The number of piperidine rings is 1. The Balaban J connectivity index is 1.25. The van der Waals surface area contributed by atoms with E-state index in [1.54, 1.807) is 6.07 Å². The molecule has 3 aliphatic rings. The molecule has 4 rings (SSSR count). The molecule has 1 saturated heterocycles. The average Bonchev–Trinajstić information content (AvgIpc) is 3.41. The fourth-order valence-corrected chi connectivity index (χ4v) is 4.41. The number of hydrogen-bond acceptors (Lipinski definition) is 3. The van der Waals surface area contributed by atoms with Crippen LogP contribution in [0.25, 0.3) is 0 Å². The Morgan fingerprint density at radius 1 is 1.00 bits per heavy atom. The van der Waals surface area contributed by atoms with Crippen molar-refractivity contribution in [2.24, 2.45) is 11.8 Å². The van der Waals surface area contributed by atoms with Gasteiger partial charge >= 0.3 is 0 Å². The van der Waals surface area contributed by atoms with Crippen molar-refractivity contribution in [2.45, 2.75) is 57.4 Å². The first-order valence-electron chi connectivity index (χ1n) is 10.6. The van der Waals surface area contributed by atoms with Gasteiger partial charge in [-0.05, 0) is 62.6 Å². The number of carbonyl (C=O) groups excluding carboxylic acids is 2. The van der Waals surface area contributed by atoms with Crippen molar-refractivity contribution in [1.82, 2.24) is 10.2 Å². The average molecular weight is 370 g/mol. The molecule has 2 amide bonds. The molecule has 2 saturated carbocycles. The lowest BCUT2D eigenvalue weighted by molar-refractivity contribution is -0.117. The van der Waals surface area contributed by atoms with Gasteiger partial charge in [0.15, 0.2) is 0 Å². The second kappa shape index (κ2) is 8.42. The Morgan fingerprint density at radius 2 is 1.74 bits per heavy atom. The Bertz CT molecular complexity index is 672. The molecule has 146 valence electrons. The van der Waals surface area contributed by atoms with Crippen molar-refractivity contribution in [1.29, 1.82) is 0 Å². The topological polar surface area (TPSA) is 61.4 Å². The molecule has 0 atom stereocenters. The monoisotopic (exact) mass is 369 g/mol. The quantitative estimate of drug-likeness (QED) is 0.808. The highest BCUT2D eigenvalue weighted by Gasteiger charge is 2.29. The molecular weight excluding hydrogens is 338 g/mol. The molecule has 1 heterocycles. The van der Waals surface area contributed by atoms with Crippen LogP contribution in [0.1, 0.15) is 61.7 Å². The minimum Gasteiger partial charge on any atom is -0.349 e. The molecule has 27 heavy (non-hydrogen) atoms. The van der Waals surface area contributed by atoms with Gasteiger partial charge in [0.25, 0.3) is 5.91 Å². The van der Waals surface area contributed by atoms with E-state index in [0.717, 1.165) is 44.7 Å². The number of hydrogen-bond donors (Lipinski definition) is 2. The van der Waals surface area contributed by atoms with Crippen LogP contribution in [0.15, 0.2) is 24.3 Å². The highest BCUT2D eigenvalue weighted by atomic mass is 16.2. The number of nitrogens with one attached hydrogen (secondary N) is 2. The smallest absolute Gasteiger partial charge is 0.251 e. The summed E-state index contributed by atoms with van der Waals surface area (Å²) in [5, 5.41) is 6.10. The maximum atomic E-state index is 12.6. The molecule has 2 N–H and O–H groups in total. The van der Waals surface area contributed by atoms with Crippen molar-refractivity contribution in [3.05, 3.63) is 29.8 Å². The zero-order valence-corrected chi connectivity index (χ0v) is 16.1. The van der Waals surface area contributed by atoms with E-state index in [2.05, 4.69) is 15.5 Å². The van der Waals surface area contributed by atoms with Gasteiger partial charge in [0.1, 0.15) is 0 Å². The predicted octanol–water partition coefficient (Wildman–Crippen LogP) is 3.42. The van der Waals surface area contributed by atoms with Crippen LogP contribution in [-0.2, 0) is 4.79 Å². The zero-order chi connectivity index (χ0) is 18.6. The second-order valence-electron chi connectivity index (χ2n) is 8.54. The Labute approximate surface area is 161 Å². The number of amides is 2. The van der Waals surface area contributed by atoms with Crippen LogP contribution >= 0.6 is 0 Å². The number of carbonyl (C=O) groups is 2. The van der Waals surface area contributed by atoms with Gasteiger partial charge in [0, 0.05) is 42.8 Å². The molecule has 0 spiro atoms. The van der Waals surface area contributed by atoms with Crippen molar-refractivity contribution in [3.63, 3.8) is 0 Å². The van der Waals surface area contributed by atoms with Crippen LogP contribution in [-0.4, -0.2) is 42.4 Å². The van der Waals surface area contributed by atoms with E-state index < -0.39 is 0 Å². The van der Waals surface area contributed by atoms with Gasteiger partial charge in [-0.15, -0.1) is 0 Å². The normalized spacial score (nSPS) is 21.9. The third-order valence-electron chi connectivity index (χ3n) is 6.25. The fraction of sp³-hybridized carbons (Fsp3) is 0.636. The van der Waals surface area contributed by atoms with Crippen molar-refractivity contribution >= 4 is 17.5 Å². The lowest BCUT2D eigenvalue weighted by Gasteiger charge is -2.33. The van der Waals surface area contributed by atoms with Gasteiger partial charge in [-0.3, -0.25) is 9.59 Å². The second-order valence-corrected chi connectivity index (χ2v) is 8.54. The molecule has 0 bridgehead atoms. The van der Waals surface area contributed by atoms with Crippen molar-refractivity contribution in [2.75, 3.05) is 25.0 Å². The zero-order valence-electron chi connectivity index (χ0n) is 16.1. The standard InChI is InChI=1S/C22H31N3O2/c26-21(17-8-9-17)24-20-7-3-6-18(14-20)22(27)23-19-10-12-25(13-11-19)15-16-4-1-2-5-16/h3,6-7,14,16-17,19H,1-2,4-5,8-13,15H2,(H,23,27)(H,24,26). The minimum absolute atomic E-state index is 0.0354. The molecule has 0 aromatic heterocycles. The summed E-state index contributed by atoms with van der Waals surface area (Å²) >= 11 is 0. The van der Waals surface area contributed by atoms with Crippen LogP contribution in [0.3, 0.4) is 0 Å². The number of benzene rings is 1. The van der Waals surface area contributed by atoms with E-state index in [1.807, 2.05) is 18.2 Å². The van der Waals surface area contributed by atoms with Crippen LogP contribution in [0.5, 0.6) is 0 Å². The summed E-state index contributed by atoms with van der Waals surface area (Å²) in [5.74, 6) is 1.09. The van der Waals surface area contributed by atoms with E-state index in [9.17, 15) is 9.59 Å². The van der Waals surface area contributed by atoms with Crippen LogP contribution in [0, 0.1) is 11.8 Å². The molecule has 1 aromatic carbocycles. The van der Waals surface area contributed by atoms with E-state index in [1.165, 1.54) is 32.2 Å². The van der Waals surface area contributed by atoms with Gasteiger partial charge in [-0.2, -0.15) is 0 Å². The maximum absolute atomic E-state index is 12.6. The molecule has 1 aromatic rings. The summed E-state index contributed by atoms with van der Waals surface area (Å²) in [6, 6.07) is 7.53. The number of likely N-dealkylation sites (tertiary alicyclic amines) is 1. The first-order chi connectivity index (χ1) is 13.2. The predicted molar refractivity (Wildman–Crippen MR) is 107 cm³/mol. The minimum atomic E-state index is -0.0354. The number of anilines is 1. The van der Waals surface area contributed by atoms with Crippen LogP contribution < -0.4 is 10.6 Å². The summed E-state index contributed by atoms with van der Waals surface area (Å²) in [6.45, 7) is 3.40. The lowest BCUT2D eigenvalue weighted by atomic mass is 10.0. The lowest BCUT2D eigenvalue weighted by Crippen LogP contribution is -2.45. The van der Waals surface area contributed by atoms with Gasteiger partial charge < -0.3 is 15.5 Å². The third kappa shape index (κ3) is 5.10. The van der Waals surface area contributed by atoms with Crippen molar-refractivity contribution < 1.29 is 9.59 Å². The summed E-state index contributed by atoms with van der Waals surface area (Å²) in [4.78, 5) is 27.1. The van der Waals surface area contributed by atoms with E-state index in [0.29, 0.717) is 11.3 Å². The first kappa shape index (κ1) is 18.5. The van der Waals surface area contributed by atoms with E-state index in [-0.39, 0.29) is 23.8 Å². The van der Waals surface area contributed by atoms with Gasteiger partial charge in [0.05, 0.1) is 0 Å². The Kier molecular flexibility index (Phi) is 5.77. The summed E-state index contributed by atoms with van der Waals surface area (Å²) in [6.07, 6.45) is 9.59. The SMILES string of the molecule is O=C(NC1CCN(CC2CCCC2)CC1)c1cccc(NC(=O)C2CC2)c1. The van der Waals surface area contributed by atoms with Gasteiger partial charge in [-0.25, -0.2) is 0 Å². The molecule has 1 aliphatic heterocycles. The Morgan fingerprint density at radius 3 is 2.44 bits per heavy atom. The third-order valence-corrected chi connectivity index (χ3v) is 6.25. The van der Waals surface area contributed by atoms with Crippen LogP contribution in [0.2, 0.25) is 0 Å². The maximum Gasteiger partial charge on any atom is 0.251 e. The first-order valence-corrected chi connectivity index (χ1v) is 10.6. The summed E-state index contributed by atoms with van der Waals surface area (Å²) in [5.41, 5.74) is 1.34. The summed E-state index contributed by atoms with van der Waals surface area (Å²) in [7, 11) is 0. The van der Waals surface area contributed by atoms with Gasteiger partial charge in [0.2, 0.25) is 5.91 Å².